The molecule has 0 fully saturated rings. The molecule has 0 unspecified atom stereocenters. The first-order chi connectivity index (χ1) is 26.5. The molecule has 256 valence electrons. The van der Waals surface area contributed by atoms with Gasteiger partial charge in [-0.2, -0.15) is 0 Å². The molecular formula is C48H31N3O3. The topological polar surface area (TPSA) is 70.3 Å². The lowest BCUT2D eigenvalue weighted by Crippen LogP contribution is -2.15. The molecule has 0 radical (unpaired) electrons. The van der Waals surface area contributed by atoms with E-state index in [0.717, 1.165) is 49.8 Å². The van der Waals surface area contributed by atoms with Gasteiger partial charge in [0.15, 0.2) is 40.5 Å². The molecule has 1 aliphatic heterocycles. The van der Waals surface area contributed by atoms with Crippen LogP contribution in [0.3, 0.4) is 0 Å². The Bertz CT molecular complexity index is 2980. The maximum Gasteiger partial charge on any atom is 0.170 e. The van der Waals surface area contributed by atoms with E-state index in [0.29, 0.717) is 40.5 Å². The number of ether oxygens (including phenoxy) is 2. The minimum atomic E-state index is -0.148. The SMILES string of the molecule is CC1(C)c2ccccc2-c2cc3c(cc21)Oc1cc(-c2ccccc2-c2nc(-c4ccccc4)nc(-c4ccc5c(c4)oc4ccccc45)n2)ccc1O3. The number of rotatable bonds is 4. The van der Waals surface area contributed by atoms with Crippen molar-refractivity contribution in [1.29, 1.82) is 0 Å². The summed E-state index contributed by atoms with van der Waals surface area (Å²) in [4.78, 5) is 15.2. The Labute approximate surface area is 311 Å². The quantitative estimate of drug-likeness (QED) is 0.182. The Hall–Kier alpha value is -7.05. The summed E-state index contributed by atoms with van der Waals surface area (Å²) >= 11 is 0. The molecular weight excluding hydrogens is 667 g/mol. The first-order valence-corrected chi connectivity index (χ1v) is 18.1. The van der Waals surface area contributed by atoms with Gasteiger partial charge in [0.2, 0.25) is 0 Å². The van der Waals surface area contributed by atoms with Crippen LogP contribution < -0.4 is 9.47 Å². The third-order valence-electron chi connectivity index (χ3n) is 10.8. The van der Waals surface area contributed by atoms with Gasteiger partial charge in [-0.15, -0.1) is 0 Å². The van der Waals surface area contributed by atoms with Crippen LogP contribution in [0.25, 0.3) is 78.4 Å². The van der Waals surface area contributed by atoms with Crippen LogP contribution >= 0.6 is 0 Å². The van der Waals surface area contributed by atoms with E-state index in [9.17, 15) is 0 Å². The number of nitrogens with zero attached hydrogens (tertiary/aromatic N) is 3. The predicted molar refractivity (Wildman–Crippen MR) is 213 cm³/mol. The van der Waals surface area contributed by atoms with Gasteiger partial charge in [-0.1, -0.05) is 123 Å². The maximum atomic E-state index is 6.64. The minimum absolute atomic E-state index is 0.148. The van der Waals surface area contributed by atoms with E-state index in [1.807, 2.05) is 78.9 Å². The zero-order valence-corrected chi connectivity index (χ0v) is 29.5. The predicted octanol–water partition coefficient (Wildman–Crippen LogP) is 12.6. The summed E-state index contributed by atoms with van der Waals surface area (Å²) in [5, 5.41) is 2.13. The van der Waals surface area contributed by atoms with Crippen molar-refractivity contribution in [3.63, 3.8) is 0 Å². The van der Waals surface area contributed by atoms with Gasteiger partial charge < -0.3 is 13.9 Å². The highest BCUT2D eigenvalue weighted by Crippen LogP contribution is 2.55. The average molecular weight is 698 g/mol. The molecule has 7 aromatic carbocycles. The van der Waals surface area contributed by atoms with Crippen LogP contribution in [-0.2, 0) is 5.41 Å². The van der Waals surface area contributed by atoms with Gasteiger partial charge in [-0.25, -0.2) is 15.0 Å². The molecule has 2 aromatic heterocycles. The Morgan fingerprint density at radius 1 is 0.389 bits per heavy atom. The van der Waals surface area contributed by atoms with Crippen molar-refractivity contribution in [2.75, 3.05) is 0 Å². The first kappa shape index (κ1) is 30.6. The van der Waals surface area contributed by atoms with Crippen molar-refractivity contribution in [2.45, 2.75) is 19.3 Å². The van der Waals surface area contributed by atoms with Crippen LogP contribution in [0, 0.1) is 0 Å². The fraction of sp³-hybridized carbons (Fsp3) is 0.0625. The van der Waals surface area contributed by atoms with Crippen LogP contribution in [-0.4, -0.2) is 15.0 Å². The van der Waals surface area contributed by atoms with Crippen LogP contribution in [0.1, 0.15) is 25.0 Å². The van der Waals surface area contributed by atoms with Crippen molar-refractivity contribution in [1.82, 2.24) is 15.0 Å². The molecule has 0 N–H and O–H groups in total. The molecule has 0 amide bonds. The minimum Gasteiger partial charge on any atom is -0.456 e. The zero-order chi connectivity index (χ0) is 36.0. The number of fused-ring (bicyclic) bond motifs is 8. The largest absolute Gasteiger partial charge is 0.456 e. The first-order valence-electron chi connectivity index (χ1n) is 18.1. The van der Waals surface area contributed by atoms with Crippen molar-refractivity contribution in [3.8, 4) is 79.4 Å². The van der Waals surface area contributed by atoms with E-state index < -0.39 is 0 Å². The second kappa shape index (κ2) is 11.5. The number of benzene rings is 7. The monoisotopic (exact) mass is 697 g/mol. The Balaban J connectivity index is 1.01. The molecule has 6 nitrogen and oxygen atoms in total. The van der Waals surface area contributed by atoms with Crippen molar-refractivity contribution < 1.29 is 13.9 Å². The number of para-hydroxylation sites is 1. The van der Waals surface area contributed by atoms with Gasteiger partial charge in [-0.3, -0.25) is 0 Å². The normalized spacial score (nSPS) is 13.4. The van der Waals surface area contributed by atoms with Gasteiger partial charge >= 0.3 is 0 Å². The Kier molecular flexibility index (Phi) is 6.49. The van der Waals surface area contributed by atoms with E-state index in [4.69, 9.17) is 28.8 Å². The van der Waals surface area contributed by atoms with Gasteiger partial charge in [0.25, 0.3) is 0 Å². The third kappa shape index (κ3) is 4.70. The van der Waals surface area contributed by atoms with E-state index >= 15 is 0 Å². The lowest BCUT2D eigenvalue weighted by molar-refractivity contribution is 0.359. The summed E-state index contributed by atoms with van der Waals surface area (Å²) in [5.41, 5.74) is 11.0. The van der Waals surface area contributed by atoms with Crippen molar-refractivity contribution >= 4 is 21.9 Å². The lowest BCUT2D eigenvalue weighted by Gasteiger charge is -2.25. The average Bonchev–Trinajstić information content (AvgIpc) is 3.70. The highest BCUT2D eigenvalue weighted by atomic mass is 16.6. The lowest BCUT2D eigenvalue weighted by atomic mass is 9.82. The molecule has 1 aliphatic carbocycles. The number of hydrogen-bond donors (Lipinski definition) is 0. The van der Waals surface area contributed by atoms with Gasteiger partial charge in [0, 0.05) is 32.9 Å². The van der Waals surface area contributed by atoms with Crippen LogP contribution in [0.15, 0.2) is 156 Å². The molecule has 6 heteroatoms. The second-order valence-corrected chi connectivity index (χ2v) is 14.4. The van der Waals surface area contributed by atoms with Crippen LogP contribution in [0.5, 0.6) is 23.0 Å². The Morgan fingerprint density at radius 3 is 1.89 bits per heavy atom. The number of hydrogen-bond acceptors (Lipinski definition) is 6. The number of aromatic nitrogens is 3. The second-order valence-electron chi connectivity index (χ2n) is 14.4. The summed E-state index contributed by atoms with van der Waals surface area (Å²) < 4.78 is 19.4. The highest BCUT2D eigenvalue weighted by Gasteiger charge is 2.37. The van der Waals surface area contributed by atoms with Crippen LogP contribution in [0.4, 0.5) is 0 Å². The molecule has 0 bridgehead atoms. The molecule has 2 aliphatic rings. The van der Waals surface area contributed by atoms with E-state index in [2.05, 4.69) is 86.6 Å². The van der Waals surface area contributed by atoms with E-state index in [-0.39, 0.29) is 5.41 Å². The fourth-order valence-corrected chi connectivity index (χ4v) is 8.08. The molecule has 54 heavy (non-hydrogen) atoms. The summed E-state index contributed by atoms with van der Waals surface area (Å²) in [6.07, 6.45) is 0. The van der Waals surface area contributed by atoms with E-state index in [1.165, 1.54) is 22.3 Å². The molecule has 9 aromatic rings. The van der Waals surface area contributed by atoms with Gasteiger partial charge in [0.1, 0.15) is 11.2 Å². The van der Waals surface area contributed by atoms with E-state index in [1.54, 1.807) is 0 Å². The maximum absolute atomic E-state index is 6.64. The van der Waals surface area contributed by atoms with Gasteiger partial charge in [0.05, 0.1) is 0 Å². The van der Waals surface area contributed by atoms with Gasteiger partial charge in [-0.05, 0) is 75.8 Å². The summed E-state index contributed by atoms with van der Waals surface area (Å²) in [7, 11) is 0. The molecule has 0 saturated carbocycles. The smallest absolute Gasteiger partial charge is 0.170 e. The Morgan fingerprint density at radius 2 is 1.02 bits per heavy atom. The standard InChI is InChI=1S/C48H31N3O3/c1-48(2)37-18-10-8-15-32(37)36-26-43-44(27-38(36)48)54-42-24-29(21-23-40(42)53-43)31-14-6-7-17-35(31)47-50-45(28-12-4-3-5-13-28)49-46(51-47)30-20-22-34-33-16-9-11-19-39(33)52-41(34)25-30/h3-27H,1-2H3. The molecule has 0 saturated heterocycles. The molecule has 3 heterocycles. The third-order valence-corrected chi connectivity index (χ3v) is 10.8. The van der Waals surface area contributed by atoms with Crippen molar-refractivity contribution in [2.24, 2.45) is 0 Å². The summed E-state index contributed by atoms with van der Waals surface area (Å²) in [6, 6.07) is 51.4. The number of furan rings is 1. The van der Waals surface area contributed by atoms with Crippen LogP contribution in [0.2, 0.25) is 0 Å². The van der Waals surface area contributed by atoms with Crippen molar-refractivity contribution in [3.05, 3.63) is 163 Å². The summed E-state index contributed by atoms with van der Waals surface area (Å²) in [6.45, 7) is 4.54. The highest BCUT2D eigenvalue weighted by molar-refractivity contribution is 6.05. The zero-order valence-electron chi connectivity index (χ0n) is 29.5. The molecule has 11 rings (SSSR count). The molecule has 0 atom stereocenters. The fourth-order valence-electron chi connectivity index (χ4n) is 8.08. The summed E-state index contributed by atoms with van der Waals surface area (Å²) in [5.74, 6) is 4.47. The molecule has 0 spiro atoms.